The van der Waals surface area contributed by atoms with Crippen LogP contribution in [0.15, 0.2) is 24.6 Å². The summed E-state index contributed by atoms with van der Waals surface area (Å²) in [4.78, 5) is 12.4. The van der Waals surface area contributed by atoms with Gasteiger partial charge in [-0.3, -0.25) is 4.79 Å². The molecule has 0 atom stereocenters. The van der Waals surface area contributed by atoms with Crippen LogP contribution in [0.25, 0.3) is 0 Å². The van der Waals surface area contributed by atoms with Crippen LogP contribution < -0.4 is 0 Å². The summed E-state index contributed by atoms with van der Waals surface area (Å²) in [5.74, 6) is 0.0914. The van der Waals surface area contributed by atoms with Gasteiger partial charge in [-0.25, -0.2) is 0 Å². The Morgan fingerprint density at radius 1 is 1.50 bits per heavy atom. The lowest BCUT2D eigenvalue weighted by Gasteiger charge is -2.06. The molecule has 0 aromatic heterocycles. The van der Waals surface area contributed by atoms with E-state index in [2.05, 4.69) is 6.58 Å². The summed E-state index contributed by atoms with van der Waals surface area (Å²) < 4.78 is 0. The fraction of sp³-hybridized carbons (Fsp3) is 0.375. The molecule has 0 rings (SSSR count). The molecule has 56 valence electrons. The van der Waals surface area contributed by atoms with E-state index in [1.54, 1.807) is 31.1 Å². The summed E-state index contributed by atoms with van der Waals surface area (Å²) in [5.41, 5.74) is 0.738. The molecule has 0 unspecified atom stereocenters. The van der Waals surface area contributed by atoms with E-state index in [0.29, 0.717) is 0 Å². The second-order valence-corrected chi connectivity index (χ2v) is 2.22. The molecule has 0 saturated heterocycles. The minimum Gasteiger partial charge on any atom is -0.357 e. The summed E-state index contributed by atoms with van der Waals surface area (Å²) >= 11 is 0. The van der Waals surface area contributed by atoms with Gasteiger partial charge in [-0.1, -0.05) is 6.58 Å². The molecule has 0 heterocycles. The SMILES string of the molecule is C=CN(C)/C=C(\C)C(C)=O. The van der Waals surface area contributed by atoms with Gasteiger partial charge in [-0.15, -0.1) is 0 Å². The summed E-state index contributed by atoms with van der Waals surface area (Å²) in [7, 11) is 1.83. The quantitative estimate of drug-likeness (QED) is 0.553. The van der Waals surface area contributed by atoms with Gasteiger partial charge in [0.25, 0.3) is 0 Å². The maximum Gasteiger partial charge on any atom is 0.156 e. The summed E-state index contributed by atoms with van der Waals surface area (Å²) in [6, 6.07) is 0. The fourth-order valence-electron chi connectivity index (χ4n) is 0.449. The lowest BCUT2D eigenvalue weighted by atomic mass is 10.2. The van der Waals surface area contributed by atoms with E-state index in [9.17, 15) is 4.79 Å². The van der Waals surface area contributed by atoms with Crippen molar-refractivity contribution in [2.75, 3.05) is 7.05 Å². The van der Waals surface area contributed by atoms with Crippen LogP contribution in [0.1, 0.15) is 13.8 Å². The Bertz CT molecular complexity index is 170. The third-order valence-corrected chi connectivity index (χ3v) is 1.24. The molecular weight excluding hydrogens is 126 g/mol. The number of allylic oxidation sites excluding steroid dienone is 1. The molecule has 10 heavy (non-hydrogen) atoms. The first kappa shape index (κ1) is 8.95. The van der Waals surface area contributed by atoms with E-state index >= 15 is 0 Å². The van der Waals surface area contributed by atoms with Crippen LogP contribution in [0.2, 0.25) is 0 Å². The Labute approximate surface area is 61.8 Å². The Morgan fingerprint density at radius 2 is 2.00 bits per heavy atom. The van der Waals surface area contributed by atoms with Gasteiger partial charge in [-0.05, 0) is 20.0 Å². The molecule has 0 aliphatic carbocycles. The highest BCUT2D eigenvalue weighted by molar-refractivity contribution is 5.92. The number of hydrogen-bond donors (Lipinski definition) is 0. The first-order chi connectivity index (χ1) is 4.57. The highest BCUT2D eigenvalue weighted by atomic mass is 16.1. The number of carbonyl (C=O) groups excluding carboxylic acids is 1. The molecule has 0 fully saturated rings. The average Bonchev–Trinajstić information content (AvgIpc) is 1.87. The second kappa shape index (κ2) is 3.88. The first-order valence-electron chi connectivity index (χ1n) is 3.11. The molecule has 0 radical (unpaired) electrons. The number of Topliss-reactive ketones (excluding diaryl/α,β-unsaturated/α-hetero) is 1. The van der Waals surface area contributed by atoms with Crippen LogP contribution >= 0.6 is 0 Å². The van der Waals surface area contributed by atoms with Crippen LogP contribution in [0.3, 0.4) is 0 Å². The van der Waals surface area contributed by atoms with Gasteiger partial charge in [-0.2, -0.15) is 0 Å². The molecule has 0 saturated carbocycles. The maximum absolute atomic E-state index is 10.7. The van der Waals surface area contributed by atoms with Crippen molar-refractivity contribution in [3.63, 3.8) is 0 Å². The molecule has 0 aliphatic rings. The monoisotopic (exact) mass is 139 g/mol. The Kier molecular flexibility index (Phi) is 3.47. The number of carbonyl (C=O) groups is 1. The standard InChI is InChI=1S/C8H13NO/c1-5-9(4)6-7(2)8(3)10/h5-6H,1H2,2-4H3/b7-6+. The number of nitrogens with zero attached hydrogens (tertiary/aromatic N) is 1. The van der Waals surface area contributed by atoms with Crippen LogP contribution in [0.4, 0.5) is 0 Å². The minimum absolute atomic E-state index is 0.0914. The van der Waals surface area contributed by atoms with Gasteiger partial charge in [0.2, 0.25) is 0 Å². The lowest BCUT2D eigenvalue weighted by molar-refractivity contribution is -0.113. The average molecular weight is 139 g/mol. The molecule has 0 aromatic rings. The van der Waals surface area contributed by atoms with Gasteiger partial charge in [0.1, 0.15) is 0 Å². The highest BCUT2D eigenvalue weighted by Gasteiger charge is 1.94. The molecule has 0 aliphatic heterocycles. The number of ketones is 1. The van der Waals surface area contributed by atoms with Gasteiger partial charge in [0.05, 0.1) is 0 Å². The summed E-state index contributed by atoms with van der Waals surface area (Å²) in [6.07, 6.45) is 3.39. The van der Waals surface area contributed by atoms with Crippen molar-refractivity contribution in [2.24, 2.45) is 0 Å². The van der Waals surface area contributed by atoms with E-state index in [1.807, 2.05) is 7.05 Å². The number of rotatable bonds is 3. The lowest BCUT2D eigenvalue weighted by Crippen LogP contribution is -2.03. The Morgan fingerprint density at radius 3 is 2.30 bits per heavy atom. The van der Waals surface area contributed by atoms with Gasteiger partial charge in [0.15, 0.2) is 5.78 Å². The van der Waals surface area contributed by atoms with Crippen molar-refractivity contribution in [1.29, 1.82) is 0 Å². The second-order valence-electron chi connectivity index (χ2n) is 2.22. The van der Waals surface area contributed by atoms with Gasteiger partial charge < -0.3 is 4.90 Å². The zero-order valence-electron chi connectivity index (χ0n) is 6.72. The Balaban J connectivity index is 4.15. The van der Waals surface area contributed by atoms with Crippen molar-refractivity contribution in [1.82, 2.24) is 4.90 Å². The number of hydrogen-bond acceptors (Lipinski definition) is 2. The van der Waals surface area contributed by atoms with Crippen molar-refractivity contribution >= 4 is 5.78 Å². The molecule has 0 bridgehead atoms. The molecular formula is C8H13NO. The summed E-state index contributed by atoms with van der Waals surface area (Å²) in [6.45, 7) is 6.87. The first-order valence-corrected chi connectivity index (χ1v) is 3.11. The van der Waals surface area contributed by atoms with E-state index < -0.39 is 0 Å². The van der Waals surface area contributed by atoms with E-state index in [-0.39, 0.29) is 5.78 Å². The normalized spacial score (nSPS) is 10.9. The molecule has 0 N–H and O–H groups in total. The molecule has 0 aromatic carbocycles. The highest BCUT2D eigenvalue weighted by Crippen LogP contribution is 1.95. The smallest absolute Gasteiger partial charge is 0.156 e. The third kappa shape index (κ3) is 3.07. The zero-order valence-corrected chi connectivity index (χ0v) is 6.72. The van der Waals surface area contributed by atoms with Gasteiger partial charge in [0, 0.05) is 18.8 Å². The maximum atomic E-state index is 10.7. The van der Waals surface area contributed by atoms with E-state index in [0.717, 1.165) is 5.57 Å². The van der Waals surface area contributed by atoms with Crippen molar-refractivity contribution in [2.45, 2.75) is 13.8 Å². The van der Waals surface area contributed by atoms with Crippen LogP contribution in [0.5, 0.6) is 0 Å². The third-order valence-electron chi connectivity index (χ3n) is 1.24. The molecule has 0 amide bonds. The Hall–Kier alpha value is -1.05. The predicted octanol–water partition coefficient (Wildman–Crippen LogP) is 1.55. The van der Waals surface area contributed by atoms with Crippen LogP contribution in [-0.2, 0) is 4.79 Å². The summed E-state index contributed by atoms with van der Waals surface area (Å²) in [5, 5.41) is 0. The van der Waals surface area contributed by atoms with Crippen molar-refractivity contribution in [3.8, 4) is 0 Å². The molecule has 2 nitrogen and oxygen atoms in total. The predicted molar refractivity (Wildman–Crippen MR) is 42.4 cm³/mol. The topological polar surface area (TPSA) is 20.3 Å². The van der Waals surface area contributed by atoms with Crippen LogP contribution in [-0.4, -0.2) is 17.7 Å². The largest absolute Gasteiger partial charge is 0.357 e. The van der Waals surface area contributed by atoms with E-state index in [1.165, 1.54) is 0 Å². The van der Waals surface area contributed by atoms with E-state index in [4.69, 9.17) is 0 Å². The van der Waals surface area contributed by atoms with Crippen LogP contribution in [0, 0.1) is 0 Å². The molecule has 0 spiro atoms. The molecule has 2 heteroatoms. The zero-order chi connectivity index (χ0) is 8.15. The fourth-order valence-corrected chi connectivity index (χ4v) is 0.449. The van der Waals surface area contributed by atoms with Crippen molar-refractivity contribution in [3.05, 3.63) is 24.6 Å². The minimum atomic E-state index is 0.0914. The van der Waals surface area contributed by atoms with Gasteiger partial charge >= 0.3 is 0 Å². The van der Waals surface area contributed by atoms with Crippen molar-refractivity contribution < 1.29 is 4.79 Å².